The van der Waals surface area contributed by atoms with Gasteiger partial charge in [-0.05, 0) is 29.8 Å². The zero-order valence-electron chi connectivity index (χ0n) is 11.3. The molecule has 21 heavy (non-hydrogen) atoms. The van der Waals surface area contributed by atoms with Crippen molar-refractivity contribution in [3.05, 3.63) is 59.9 Å². The Morgan fingerprint density at radius 1 is 1.10 bits per heavy atom. The molecule has 0 atom stereocenters. The Morgan fingerprint density at radius 2 is 1.76 bits per heavy atom. The second-order valence-corrected chi connectivity index (χ2v) is 6.16. The quantitative estimate of drug-likeness (QED) is 0.885. The van der Waals surface area contributed by atoms with Crippen LogP contribution in [0.2, 0.25) is 0 Å². The summed E-state index contributed by atoms with van der Waals surface area (Å²) in [5.74, 6) is -0.595. The third kappa shape index (κ3) is 5.61. The minimum absolute atomic E-state index is 0. The van der Waals surface area contributed by atoms with Gasteiger partial charge in [0, 0.05) is 12.2 Å². The number of rotatable bonds is 5. The van der Waals surface area contributed by atoms with Crippen molar-refractivity contribution in [3.63, 3.8) is 0 Å². The van der Waals surface area contributed by atoms with Gasteiger partial charge in [-0.1, -0.05) is 24.3 Å². The number of hydrogen-bond acceptors (Lipinski definition) is 3. The van der Waals surface area contributed by atoms with Gasteiger partial charge in [0.25, 0.3) is 0 Å². The second-order valence-electron chi connectivity index (χ2n) is 4.41. The fraction of sp³-hybridized carbons (Fsp3) is 0.143. The molecule has 0 aromatic heterocycles. The third-order valence-corrected chi connectivity index (χ3v) is 3.19. The molecule has 0 aliphatic heterocycles. The summed E-state index contributed by atoms with van der Waals surface area (Å²) in [4.78, 5) is 0. The van der Waals surface area contributed by atoms with E-state index in [2.05, 4.69) is 10.0 Å². The SMILES string of the molecule is CS(=O)(=O)Nc1ccc(CNc2ccccc2)cc1F.Cl. The van der Waals surface area contributed by atoms with Gasteiger partial charge < -0.3 is 5.32 Å². The number of halogens is 2. The van der Waals surface area contributed by atoms with Crippen molar-refractivity contribution >= 4 is 33.8 Å². The molecule has 0 radical (unpaired) electrons. The zero-order chi connectivity index (χ0) is 14.6. The molecule has 0 heterocycles. The molecule has 114 valence electrons. The van der Waals surface area contributed by atoms with Gasteiger partial charge in [-0.25, -0.2) is 12.8 Å². The normalized spacial score (nSPS) is 10.6. The van der Waals surface area contributed by atoms with Crippen molar-refractivity contribution in [1.82, 2.24) is 0 Å². The van der Waals surface area contributed by atoms with Crippen LogP contribution in [0.4, 0.5) is 15.8 Å². The van der Waals surface area contributed by atoms with E-state index in [4.69, 9.17) is 0 Å². The Morgan fingerprint density at radius 3 is 2.33 bits per heavy atom. The summed E-state index contributed by atoms with van der Waals surface area (Å²) in [5, 5.41) is 3.15. The van der Waals surface area contributed by atoms with Gasteiger partial charge in [0.05, 0.1) is 11.9 Å². The first-order valence-electron chi connectivity index (χ1n) is 5.99. The summed E-state index contributed by atoms with van der Waals surface area (Å²) in [7, 11) is -3.47. The standard InChI is InChI=1S/C14H15FN2O2S.ClH/c1-20(18,19)17-14-8-7-11(9-13(14)15)10-16-12-5-3-2-4-6-12;/h2-9,16-17H,10H2,1H3;1H. The average Bonchev–Trinajstić information content (AvgIpc) is 2.39. The largest absolute Gasteiger partial charge is 0.381 e. The lowest BCUT2D eigenvalue weighted by atomic mass is 10.2. The highest BCUT2D eigenvalue weighted by Gasteiger charge is 2.08. The van der Waals surface area contributed by atoms with Crippen LogP contribution in [-0.2, 0) is 16.6 Å². The van der Waals surface area contributed by atoms with Gasteiger partial charge in [0.15, 0.2) is 0 Å². The zero-order valence-corrected chi connectivity index (χ0v) is 13.0. The Labute approximate surface area is 129 Å². The molecule has 7 heteroatoms. The third-order valence-electron chi connectivity index (χ3n) is 2.60. The van der Waals surface area contributed by atoms with Crippen molar-refractivity contribution in [2.75, 3.05) is 16.3 Å². The van der Waals surface area contributed by atoms with Crippen molar-refractivity contribution in [2.24, 2.45) is 0 Å². The Hall–Kier alpha value is -1.79. The lowest BCUT2D eigenvalue weighted by molar-refractivity contribution is 0.603. The molecule has 0 aliphatic rings. The number of nitrogens with one attached hydrogen (secondary N) is 2. The van der Waals surface area contributed by atoms with Crippen LogP contribution in [0.25, 0.3) is 0 Å². The van der Waals surface area contributed by atoms with E-state index in [1.165, 1.54) is 12.1 Å². The van der Waals surface area contributed by atoms with E-state index in [0.29, 0.717) is 6.54 Å². The van der Waals surface area contributed by atoms with Gasteiger partial charge in [0.1, 0.15) is 5.82 Å². The Bertz CT molecular complexity index is 693. The molecular formula is C14H16ClFN2O2S. The molecule has 2 aromatic carbocycles. The van der Waals surface area contributed by atoms with E-state index in [9.17, 15) is 12.8 Å². The van der Waals surface area contributed by atoms with E-state index < -0.39 is 15.8 Å². The minimum Gasteiger partial charge on any atom is -0.381 e. The highest BCUT2D eigenvalue weighted by atomic mass is 35.5. The van der Waals surface area contributed by atoms with Crippen molar-refractivity contribution in [2.45, 2.75) is 6.54 Å². The summed E-state index contributed by atoms with van der Waals surface area (Å²) in [6, 6.07) is 13.9. The molecule has 2 aromatic rings. The van der Waals surface area contributed by atoms with Crippen LogP contribution in [0.15, 0.2) is 48.5 Å². The number of benzene rings is 2. The van der Waals surface area contributed by atoms with E-state index in [1.807, 2.05) is 30.3 Å². The van der Waals surface area contributed by atoms with Crippen LogP contribution in [0, 0.1) is 5.82 Å². The van der Waals surface area contributed by atoms with E-state index in [0.717, 1.165) is 17.5 Å². The van der Waals surface area contributed by atoms with Crippen LogP contribution >= 0.6 is 12.4 Å². The smallest absolute Gasteiger partial charge is 0.229 e. The predicted octanol–water partition coefficient (Wildman–Crippen LogP) is 3.23. The lowest BCUT2D eigenvalue weighted by Crippen LogP contribution is -2.11. The second kappa shape index (κ2) is 7.28. The minimum atomic E-state index is -3.47. The summed E-state index contributed by atoms with van der Waals surface area (Å²) >= 11 is 0. The molecule has 2 rings (SSSR count). The van der Waals surface area contributed by atoms with Gasteiger partial charge in [-0.3, -0.25) is 4.72 Å². The van der Waals surface area contributed by atoms with Crippen LogP contribution in [0.3, 0.4) is 0 Å². The molecular weight excluding hydrogens is 315 g/mol. The number of para-hydroxylation sites is 1. The van der Waals surface area contributed by atoms with Crippen LogP contribution in [0.5, 0.6) is 0 Å². The maximum Gasteiger partial charge on any atom is 0.229 e. The Balaban J connectivity index is 0.00000220. The fourth-order valence-electron chi connectivity index (χ4n) is 1.71. The van der Waals surface area contributed by atoms with Gasteiger partial charge in [-0.15, -0.1) is 12.4 Å². The van der Waals surface area contributed by atoms with E-state index in [1.54, 1.807) is 6.07 Å². The molecule has 0 amide bonds. The summed E-state index contributed by atoms with van der Waals surface area (Å²) in [6.07, 6.45) is 0.983. The highest BCUT2D eigenvalue weighted by Crippen LogP contribution is 2.17. The number of sulfonamides is 1. The van der Waals surface area contributed by atoms with Crippen LogP contribution in [-0.4, -0.2) is 14.7 Å². The first kappa shape index (κ1) is 17.3. The topological polar surface area (TPSA) is 58.2 Å². The molecule has 0 saturated heterocycles. The summed E-state index contributed by atoms with van der Waals surface area (Å²) in [5.41, 5.74) is 1.62. The summed E-state index contributed by atoms with van der Waals surface area (Å²) < 4.78 is 38.0. The van der Waals surface area contributed by atoms with E-state index >= 15 is 0 Å². The molecule has 0 aliphatic carbocycles. The molecule has 0 spiro atoms. The molecule has 0 fully saturated rings. The van der Waals surface area contributed by atoms with Crippen molar-refractivity contribution in [1.29, 1.82) is 0 Å². The molecule has 4 nitrogen and oxygen atoms in total. The summed E-state index contributed by atoms with van der Waals surface area (Å²) in [6.45, 7) is 0.458. The van der Waals surface area contributed by atoms with E-state index in [-0.39, 0.29) is 18.1 Å². The number of anilines is 2. The molecule has 0 unspecified atom stereocenters. The molecule has 0 bridgehead atoms. The monoisotopic (exact) mass is 330 g/mol. The fourth-order valence-corrected chi connectivity index (χ4v) is 2.28. The first-order valence-corrected chi connectivity index (χ1v) is 7.88. The highest BCUT2D eigenvalue weighted by molar-refractivity contribution is 7.92. The predicted molar refractivity (Wildman–Crippen MR) is 85.9 cm³/mol. The average molecular weight is 331 g/mol. The van der Waals surface area contributed by atoms with Crippen molar-refractivity contribution in [3.8, 4) is 0 Å². The molecule has 2 N–H and O–H groups in total. The van der Waals surface area contributed by atoms with Gasteiger partial charge in [-0.2, -0.15) is 0 Å². The van der Waals surface area contributed by atoms with Crippen LogP contribution in [0.1, 0.15) is 5.56 Å². The van der Waals surface area contributed by atoms with Gasteiger partial charge in [0.2, 0.25) is 10.0 Å². The van der Waals surface area contributed by atoms with Gasteiger partial charge >= 0.3 is 0 Å². The number of hydrogen-bond donors (Lipinski definition) is 2. The maximum absolute atomic E-state index is 13.8. The lowest BCUT2D eigenvalue weighted by Gasteiger charge is -2.09. The van der Waals surface area contributed by atoms with Crippen LogP contribution < -0.4 is 10.0 Å². The molecule has 0 saturated carbocycles. The maximum atomic E-state index is 13.8. The van der Waals surface area contributed by atoms with Crippen molar-refractivity contribution < 1.29 is 12.8 Å². The first-order chi connectivity index (χ1) is 9.44. The Kier molecular flexibility index (Phi) is 5.99.